The first-order chi connectivity index (χ1) is 13.5. The highest BCUT2D eigenvalue weighted by molar-refractivity contribution is 6.01. The molecule has 0 spiro atoms. The van der Waals surface area contributed by atoms with Gasteiger partial charge in [-0.2, -0.15) is 5.10 Å². The number of nitrogens with one attached hydrogen (secondary N) is 2. The van der Waals surface area contributed by atoms with Crippen molar-refractivity contribution >= 4 is 17.5 Å². The first-order valence-electron chi connectivity index (χ1n) is 8.89. The molecule has 0 aliphatic rings. The minimum atomic E-state index is -0.427. The predicted octanol–water partition coefficient (Wildman–Crippen LogP) is 2.56. The van der Waals surface area contributed by atoms with Crippen molar-refractivity contribution < 1.29 is 19.1 Å². The number of benzene rings is 2. The topological polar surface area (TPSA) is 89.0 Å². The average Bonchev–Trinajstić information content (AvgIpc) is 2.72. The van der Waals surface area contributed by atoms with Crippen molar-refractivity contribution in [2.24, 2.45) is 5.10 Å². The first kappa shape index (κ1) is 21.0. The molecule has 0 radical (unpaired) electrons. The zero-order valence-corrected chi connectivity index (χ0v) is 16.3. The van der Waals surface area contributed by atoms with Gasteiger partial charge < -0.3 is 14.8 Å². The molecular weight excluding hydrogens is 358 g/mol. The van der Waals surface area contributed by atoms with Gasteiger partial charge in [0.1, 0.15) is 11.5 Å². The molecule has 0 aromatic heterocycles. The molecule has 0 unspecified atom stereocenters. The van der Waals surface area contributed by atoms with Crippen LogP contribution >= 0.6 is 0 Å². The third-order valence-corrected chi connectivity index (χ3v) is 4.00. The Balaban J connectivity index is 1.83. The van der Waals surface area contributed by atoms with E-state index in [1.54, 1.807) is 25.1 Å². The zero-order valence-electron chi connectivity index (χ0n) is 16.3. The molecule has 7 nitrogen and oxygen atoms in total. The number of rotatable bonds is 9. The third kappa shape index (κ3) is 6.42. The fourth-order valence-corrected chi connectivity index (χ4v) is 2.52. The number of hydrogen-bond acceptors (Lipinski definition) is 5. The number of carbonyl (C=O) groups is 2. The summed E-state index contributed by atoms with van der Waals surface area (Å²) in [5.74, 6) is 0.389. The van der Waals surface area contributed by atoms with Crippen LogP contribution in [0.4, 0.5) is 0 Å². The average molecular weight is 383 g/mol. The molecule has 28 heavy (non-hydrogen) atoms. The molecule has 148 valence electrons. The van der Waals surface area contributed by atoms with E-state index in [1.165, 1.54) is 14.2 Å². The summed E-state index contributed by atoms with van der Waals surface area (Å²) in [6.45, 7) is 2.23. The van der Waals surface area contributed by atoms with E-state index >= 15 is 0 Å². The Bertz CT molecular complexity index is 835. The Hall–Kier alpha value is -3.35. The highest BCUT2D eigenvalue weighted by atomic mass is 16.5. The van der Waals surface area contributed by atoms with Gasteiger partial charge >= 0.3 is 0 Å². The van der Waals surface area contributed by atoms with Crippen LogP contribution < -0.4 is 20.2 Å². The Kier molecular flexibility index (Phi) is 8.02. The summed E-state index contributed by atoms with van der Waals surface area (Å²) in [7, 11) is 3.01. The van der Waals surface area contributed by atoms with E-state index in [0.29, 0.717) is 29.3 Å². The monoisotopic (exact) mass is 383 g/mol. The molecule has 0 saturated heterocycles. The highest BCUT2D eigenvalue weighted by Gasteiger charge is 2.13. The lowest BCUT2D eigenvalue weighted by molar-refractivity contribution is -0.119. The number of hydrogen-bond donors (Lipinski definition) is 2. The number of carbonyl (C=O) groups excluding carboxylic acids is 2. The van der Waals surface area contributed by atoms with Crippen LogP contribution in [0, 0.1) is 0 Å². The maximum absolute atomic E-state index is 12.3. The molecule has 7 heteroatoms. The van der Waals surface area contributed by atoms with E-state index in [-0.39, 0.29) is 12.3 Å². The second-order valence-electron chi connectivity index (χ2n) is 6.12. The van der Waals surface area contributed by atoms with Gasteiger partial charge in [0, 0.05) is 18.3 Å². The van der Waals surface area contributed by atoms with Crippen LogP contribution in [0.3, 0.4) is 0 Å². The van der Waals surface area contributed by atoms with E-state index in [2.05, 4.69) is 15.8 Å². The van der Waals surface area contributed by atoms with Gasteiger partial charge in [-0.25, -0.2) is 5.43 Å². The second kappa shape index (κ2) is 10.7. The van der Waals surface area contributed by atoms with Crippen LogP contribution in [0.25, 0.3) is 0 Å². The lowest BCUT2D eigenvalue weighted by Crippen LogP contribution is -2.28. The molecule has 0 fully saturated rings. The van der Waals surface area contributed by atoms with Crippen LogP contribution in [0.15, 0.2) is 53.6 Å². The third-order valence-electron chi connectivity index (χ3n) is 4.00. The largest absolute Gasteiger partial charge is 0.497 e. The quantitative estimate of drug-likeness (QED) is 0.514. The Labute approximate surface area is 164 Å². The second-order valence-corrected chi connectivity index (χ2v) is 6.12. The van der Waals surface area contributed by atoms with Gasteiger partial charge in [0.25, 0.3) is 5.91 Å². The van der Waals surface area contributed by atoms with Gasteiger partial charge in [-0.05, 0) is 31.0 Å². The van der Waals surface area contributed by atoms with Crippen molar-refractivity contribution in [1.29, 1.82) is 0 Å². The van der Waals surface area contributed by atoms with Gasteiger partial charge in [0.2, 0.25) is 5.91 Å². The van der Waals surface area contributed by atoms with Crippen LogP contribution in [-0.2, 0) is 11.2 Å². The molecule has 0 aliphatic heterocycles. The maximum atomic E-state index is 12.3. The Morgan fingerprint density at radius 2 is 1.79 bits per heavy atom. The van der Waals surface area contributed by atoms with Gasteiger partial charge in [-0.15, -0.1) is 0 Å². The molecule has 2 amide bonds. The van der Waals surface area contributed by atoms with Crippen molar-refractivity contribution in [3.8, 4) is 11.5 Å². The lowest BCUT2D eigenvalue weighted by atomic mass is 10.1. The van der Waals surface area contributed by atoms with Gasteiger partial charge in [0.15, 0.2) is 0 Å². The smallest absolute Gasteiger partial charge is 0.275 e. The van der Waals surface area contributed by atoms with Crippen molar-refractivity contribution in [1.82, 2.24) is 10.7 Å². The van der Waals surface area contributed by atoms with Crippen molar-refractivity contribution in [2.75, 3.05) is 20.8 Å². The summed E-state index contributed by atoms with van der Waals surface area (Å²) in [4.78, 5) is 24.3. The van der Waals surface area contributed by atoms with E-state index in [0.717, 1.165) is 12.0 Å². The minimum Gasteiger partial charge on any atom is -0.497 e. The summed E-state index contributed by atoms with van der Waals surface area (Å²) in [6, 6.07) is 14.8. The fraction of sp³-hybridized carbons (Fsp3) is 0.286. The van der Waals surface area contributed by atoms with E-state index in [4.69, 9.17) is 9.47 Å². The normalized spacial score (nSPS) is 10.9. The molecular formula is C21H25N3O4. The molecule has 0 saturated carbocycles. The Morgan fingerprint density at radius 3 is 2.46 bits per heavy atom. The molecule has 2 rings (SSSR count). The predicted molar refractivity (Wildman–Crippen MR) is 108 cm³/mol. The molecule has 2 aromatic rings. The first-order valence-corrected chi connectivity index (χ1v) is 8.89. The summed E-state index contributed by atoms with van der Waals surface area (Å²) in [6.07, 6.45) is 0.867. The van der Waals surface area contributed by atoms with Gasteiger partial charge in [0.05, 0.1) is 26.2 Å². The lowest BCUT2D eigenvalue weighted by Gasteiger charge is -2.09. The number of ether oxygens (including phenoxy) is 2. The van der Waals surface area contributed by atoms with Gasteiger partial charge in [-0.1, -0.05) is 30.3 Å². The maximum Gasteiger partial charge on any atom is 0.275 e. The summed E-state index contributed by atoms with van der Waals surface area (Å²) in [5, 5.41) is 6.84. The highest BCUT2D eigenvalue weighted by Crippen LogP contribution is 2.24. The van der Waals surface area contributed by atoms with E-state index in [1.807, 2.05) is 30.3 Å². The summed E-state index contributed by atoms with van der Waals surface area (Å²) >= 11 is 0. The number of methoxy groups -OCH3 is 2. The number of amides is 2. The molecule has 2 N–H and O–H groups in total. The molecule has 0 atom stereocenters. The van der Waals surface area contributed by atoms with Crippen LogP contribution in [0.5, 0.6) is 11.5 Å². The molecule has 0 heterocycles. The Morgan fingerprint density at radius 1 is 1.04 bits per heavy atom. The SMILES string of the molecule is COc1ccc(C(=O)N/N=C(\C)CC(=O)NCCc2ccccc2)c(OC)c1. The van der Waals surface area contributed by atoms with Crippen LogP contribution in [0.1, 0.15) is 29.3 Å². The zero-order chi connectivity index (χ0) is 20.4. The van der Waals surface area contributed by atoms with Crippen molar-refractivity contribution in [2.45, 2.75) is 19.8 Å². The van der Waals surface area contributed by atoms with Crippen LogP contribution in [0.2, 0.25) is 0 Å². The fourth-order valence-electron chi connectivity index (χ4n) is 2.52. The molecule has 0 bridgehead atoms. The van der Waals surface area contributed by atoms with Crippen molar-refractivity contribution in [3.63, 3.8) is 0 Å². The van der Waals surface area contributed by atoms with Crippen molar-refractivity contribution in [3.05, 3.63) is 59.7 Å². The number of nitrogens with zero attached hydrogens (tertiary/aromatic N) is 1. The van der Waals surface area contributed by atoms with E-state index in [9.17, 15) is 9.59 Å². The summed E-state index contributed by atoms with van der Waals surface area (Å²) in [5.41, 5.74) is 4.43. The minimum absolute atomic E-state index is 0.106. The van der Waals surface area contributed by atoms with E-state index < -0.39 is 5.91 Å². The number of hydrazone groups is 1. The van der Waals surface area contributed by atoms with Crippen LogP contribution in [-0.4, -0.2) is 38.3 Å². The standard InChI is InChI=1S/C21H25N3O4/c1-15(13-20(25)22-12-11-16-7-5-4-6-8-16)23-24-21(26)18-10-9-17(27-2)14-19(18)28-3/h4-10,14H,11-13H2,1-3H3,(H,22,25)(H,24,26)/b23-15+. The summed E-state index contributed by atoms with van der Waals surface area (Å²) < 4.78 is 10.3. The van der Waals surface area contributed by atoms with Gasteiger partial charge in [-0.3, -0.25) is 9.59 Å². The molecule has 2 aromatic carbocycles. The molecule has 0 aliphatic carbocycles.